The zero-order valence-corrected chi connectivity index (χ0v) is 21.3. The van der Waals surface area contributed by atoms with Crippen LogP contribution in [0.2, 0.25) is 0 Å². The number of ketones is 2. The minimum atomic E-state index is -1.28. The molecule has 10 nitrogen and oxygen atoms in total. The lowest BCUT2D eigenvalue weighted by molar-refractivity contribution is -0.156. The summed E-state index contributed by atoms with van der Waals surface area (Å²) in [4.78, 5) is 72.3. The van der Waals surface area contributed by atoms with E-state index in [-0.39, 0.29) is 36.8 Å². The summed E-state index contributed by atoms with van der Waals surface area (Å²) >= 11 is 0. The quantitative estimate of drug-likeness (QED) is 0.193. The monoisotopic (exact) mass is 526 g/mol. The van der Waals surface area contributed by atoms with Gasteiger partial charge in [0.15, 0.2) is 23.8 Å². The van der Waals surface area contributed by atoms with Crippen molar-refractivity contribution < 1.29 is 47.7 Å². The van der Waals surface area contributed by atoms with Crippen LogP contribution < -0.4 is 0 Å². The van der Waals surface area contributed by atoms with Gasteiger partial charge in [-0.15, -0.1) is 0 Å². The zero-order chi connectivity index (χ0) is 27.9. The molecular weight excluding hydrogens is 496 g/mol. The Hall–Kier alpha value is -4.34. The van der Waals surface area contributed by atoms with E-state index in [4.69, 9.17) is 18.9 Å². The number of carbonyl (C=O) groups excluding carboxylic acids is 6. The molecule has 0 radical (unpaired) electrons. The molecule has 0 aliphatic rings. The molecule has 2 rings (SSSR count). The summed E-state index contributed by atoms with van der Waals surface area (Å²) in [6.07, 6.45) is -2.13. The van der Waals surface area contributed by atoms with Crippen molar-refractivity contribution in [1.29, 1.82) is 0 Å². The van der Waals surface area contributed by atoms with Gasteiger partial charge in [-0.05, 0) is 37.1 Å². The van der Waals surface area contributed by atoms with E-state index >= 15 is 0 Å². The van der Waals surface area contributed by atoms with Crippen LogP contribution in [-0.2, 0) is 38.1 Å². The number of unbranched alkanes of at least 4 members (excludes halogenated alkanes) is 1. The molecule has 38 heavy (non-hydrogen) atoms. The van der Waals surface area contributed by atoms with Gasteiger partial charge >= 0.3 is 23.9 Å². The first-order valence-corrected chi connectivity index (χ1v) is 12.0. The van der Waals surface area contributed by atoms with Crippen LogP contribution in [0.1, 0.15) is 60.2 Å². The zero-order valence-electron chi connectivity index (χ0n) is 21.3. The van der Waals surface area contributed by atoms with Gasteiger partial charge in [0.2, 0.25) is 0 Å². The highest BCUT2D eigenvalue weighted by Crippen LogP contribution is 2.11. The van der Waals surface area contributed by atoms with E-state index in [1.54, 1.807) is 60.7 Å². The molecule has 10 heteroatoms. The van der Waals surface area contributed by atoms with Crippen LogP contribution in [0.25, 0.3) is 0 Å². The van der Waals surface area contributed by atoms with E-state index in [1.165, 1.54) is 0 Å². The third-order valence-corrected chi connectivity index (χ3v) is 5.18. The number of esters is 4. The lowest BCUT2D eigenvalue weighted by Gasteiger charge is -2.17. The first kappa shape index (κ1) is 29.9. The molecule has 0 aliphatic carbocycles. The minimum absolute atomic E-state index is 0.0463. The molecule has 0 spiro atoms. The lowest BCUT2D eigenvalue weighted by atomic mass is 10.0. The highest BCUT2D eigenvalue weighted by Gasteiger charge is 2.26. The Bertz CT molecular complexity index is 1020. The highest BCUT2D eigenvalue weighted by molar-refractivity contribution is 5.91. The van der Waals surface area contributed by atoms with Gasteiger partial charge in [0, 0.05) is 26.7 Å². The van der Waals surface area contributed by atoms with Crippen LogP contribution in [0.4, 0.5) is 0 Å². The third kappa shape index (κ3) is 10.7. The van der Waals surface area contributed by atoms with Gasteiger partial charge < -0.3 is 18.9 Å². The minimum Gasteiger partial charge on any atom is -0.458 e. The average Bonchev–Trinajstić information content (AvgIpc) is 2.91. The van der Waals surface area contributed by atoms with Crippen LogP contribution in [0.15, 0.2) is 60.7 Å². The molecule has 2 unspecified atom stereocenters. The van der Waals surface area contributed by atoms with Crippen molar-refractivity contribution in [1.82, 2.24) is 0 Å². The van der Waals surface area contributed by atoms with Crippen LogP contribution in [0.5, 0.6) is 0 Å². The first-order chi connectivity index (χ1) is 18.2. The van der Waals surface area contributed by atoms with E-state index in [0.717, 1.165) is 13.8 Å². The Morgan fingerprint density at radius 2 is 0.921 bits per heavy atom. The van der Waals surface area contributed by atoms with Crippen molar-refractivity contribution >= 4 is 35.4 Å². The number of ether oxygens (including phenoxy) is 4. The Morgan fingerprint density at radius 1 is 0.579 bits per heavy atom. The molecule has 2 atom stereocenters. The maximum atomic E-state index is 12.6. The van der Waals surface area contributed by atoms with Crippen LogP contribution >= 0.6 is 0 Å². The van der Waals surface area contributed by atoms with E-state index in [1.807, 2.05) is 0 Å². The van der Waals surface area contributed by atoms with Gasteiger partial charge in [0.25, 0.3) is 0 Å². The molecule has 0 aromatic heterocycles. The summed E-state index contributed by atoms with van der Waals surface area (Å²) in [5.74, 6) is -3.67. The lowest BCUT2D eigenvalue weighted by Crippen LogP contribution is -2.33. The van der Waals surface area contributed by atoms with Gasteiger partial charge in [-0.1, -0.05) is 36.4 Å². The maximum absolute atomic E-state index is 12.6. The molecule has 0 saturated carbocycles. The summed E-state index contributed by atoms with van der Waals surface area (Å²) in [6, 6.07) is 16.3. The van der Waals surface area contributed by atoms with E-state index in [0.29, 0.717) is 0 Å². The predicted molar refractivity (Wildman–Crippen MR) is 133 cm³/mol. The Kier molecular flexibility index (Phi) is 12.4. The smallest absolute Gasteiger partial charge is 0.338 e. The summed E-state index contributed by atoms with van der Waals surface area (Å²) in [7, 11) is 0. The molecular formula is C28H30O10. The first-order valence-electron chi connectivity index (χ1n) is 12.0. The number of hydrogen-bond acceptors (Lipinski definition) is 10. The SMILES string of the molecule is CC(=O)OC(COC(=O)c1ccccc1)C(=O)CCCCC(=O)C(COC(=O)c1ccccc1)OC(C)=O. The summed E-state index contributed by atoms with van der Waals surface area (Å²) in [5, 5.41) is 0. The molecule has 0 bridgehead atoms. The number of hydrogen-bond donors (Lipinski definition) is 0. The van der Waals surface area contributed by atoms with Crippen molar-refractivity contribution in [2.75, 3.05) is 13.2 Å². The molecule has 0 amide bonds. The molecule has 0 aliphatic heterocycles. The molecule has 2 aromatic carbocycles. The number of carbonyl (C=O) groups is 6. The van der Waals surface area contributed by atoms with Crippen molar-refractivity contribution in [3.63, 3.8) is 0 Å². The number of benzene rings is 2. The molecule has 0 heterocycles. The fourth-order valence-electron chi connectivity index (χ4n) is 3.32. The van der Waals surface area contributed by atoms with Gasteiger partial charge in [0.05, 0.1) is 11.1 Å². The largest absolute Gasteiger partial charge is 0.458 e. The second-order valence-electron chi connectivity index (χ2n) is 8.26. The Balaban J connectivity index is 1.82. The van der Waals surface area contributed by atoms with Crippen molar-refractivity contribution in [2.45, 2.75) is 51.7 Å². The van der Waals surface area contributed by atoms with Gasteiger partial charge in [-0.25, -0.2) is 9.59 Å². The van der Waals surface area contributed by atoms with Crippen LogP contribution in [-0.4, -0.2) is 60.9 Å². The molecule has 0 fully saturated rings. The fourth-order valence-corrected chi connectivity index (χ4v) is 3.32. The predicted octanol–water partition coefficient (Wildman–Crippen LogP) is 3.26. The average molecular weight is 527 g/mol. The van der Waals surface area contributed by atoms with Crippen molar-refractivity contribution in [3.8, 4) is 0 Å². The maximum Gasteiger partial charge on any atom is 0.338 e. The van der Waals surface area contributed by atoms with Gasteiger partial charge in [0.1, 0.15) is 13.2 Å². The second kappa shape index (κ2) is 15.7. The Morgan fingerprint density at radius 3 is 1.24 bits per heavy atom. The second-order valence-corrected chi connectivity index (χ2v) is 8.26. The van der Waals surface area contributed by atoms with Crippen molar-refractivity contribution in [3.05, 3.63) is 71.8 Å². The van der Waals surface area contributed by atoms with E-state index < -0.39 is 60.9 Å². The van der Waals surface area contributed by atoms with Crippen molar-refractivity contribution in [2.24, 2.45) is 0 Å². The van der Waals surface area contributed by atoms with E-state index in [2.05, 4.69) is 0 Å². The fraction of sp³-hybridized carbons (Fsp3) is 0.357. The van der Waals surface area contributed by atoms with Crippen LogP contribution in [0, 0.1) is 0 Å². The number of rotatable bonds is 15. The topological polar surface area (TPSA) is 139 Å². The summed E-state index contributed by atoms with van der Waals surface area (Å²) < 4.78 is 20.3. The summed E-state index contributed by atoms with van der Waals surface area (Å²) in [6.45, 7) is 1.40. The standard InChI is InChI=1S/C28H30O10/c1-19(29)37-25(17-35-27(33)21-11-5-3-6-12-21)23(31)15-9-10-16-24(32)26(38-20(2)30)18-36-28(34)22-13-7-4-8-14-22/h3-8,11-14,25-26H,9-10,15-18H2,1-2H3. The number of Topliss-reactive ketones (excluding diaryl/α,β-unsaturated/α-hetero) is 2. The summed E-state index contributed by atoms with van der Waals surface area (Å²) in [5.41, 5.74) is 0.577. The third-order valence-electron chi connectivity index (χ3n) is 5.18. The molecule has 2 aromatic rings. The Labute approximate surface area is 220 Å². The normalized spacial score (nSPS) is 11.9. The molecule has 0 N–H and O–H groups in total. The van der Waals surface area contributed by atoms with E-state index in [9.17, 15) is 28.8 Å². The molecule has 0 saturated heterocycles. The highest BCUT2D eigenvalue weighted by atomic mass is 16.6. The van der Waals surface area contributed by atoms with Gasteiger partial charge in [-0.2, -0.15) is 0 Å². The van der Waals surface area contributed by atoms with Gasteiger partial charge in [-0.3, -0.25) is 19.2 Å². The van der Waals surface area contributed by atoms with Crippen LogP contribution in [0.3, 0.4) is 0 Å². The molecule has 202 valence electrons.